The van der Waals surface area contributed by atoms with Crippen LogP contribution in [0.25, 0.3) is 0 Å². The monoisotopic (exact) mass is 353 g/mol. The van der Waals surface area contributed by atoms with Crippen molar-refractivity contribution in [2.75, 3.05) is 17.7 Å². The number of anilines is 1. The van der Waals surface area contributed by atoms with Crippen LogP contribution in [-0.2, 0) is 9.53 Å². The molecule has 0 aliphatic rings. The number of nitrogens with one attached hydrogen (secondary N) is 1. The second-order valence-electron chi connectivity index (χ2n) is 4.61. The summed E-state index contributed by atoms with van der Waals surface area (Å²) in [5.41, 5.74) is 0.755. The highest BCUT2D eigenvalue weighted by molar-refractivity contribution is 8.00. The number of hydrogen-bond acceptors (Lipinski definition) is 5. The van der Waals surface area contributed by atoms with E-state index in [9.17, 15) is 14.0 Å². The number of carbonyl (C=O) groups excluding carboxylic acids is 2. The molecule has 0 radical (unpaired) electrons. The standard InChI is InChI=1S/C16H16FNO3S2/c1-3-21-16(20)15-10(2)8-14(23-15)18-13(19)9-22-12-7-5-4-6-11(12)17/h4-8H,3,9H2,1-2H3,(H,18,19). The van der Waals surface area contributed by atoms with E-state index < -0.39 is 5.97 Å². The van der Waals surface area contributed by atoms with E-state index in [4.69, 9.17) is 4.74 Å². The first-order chi connectivity index (χ1) is 11.0. The van der Waals surface area contributed by atoms with Crippen molar-refractivity contribution in [1.82, 2.24) is 0 Å². The number of hydrogen-bond donors (Lipinski definition) is 1. The van der Waals surface area contributed by atoms with Gasteiger partial charge in [-0.15, -0.1) is 23.1 Å². The highest BCUT2D eigenvalue weighted by Crippen LogP contribution is 2.28. The van der Waals surface area contributed by atoms with Gasteiger partial charge in [-0.25, -0.2) is 9.18 Å². The smallest absolute Gasteiger partial charge is 0.348 e. The summed E-state index contributed by atoms with van der Waals surface area (Å²) in [6, 6.07) is 8.03. The van der Waals surface area contributed by atoms with E-state index in [1.165, 1.54) is 17.4 Å². The molecule has 2 aromatic rings. The van der Waals surface area contributed by atoms with Crippen molar-refractivity contribution in [2.24, 2.45) is 0 Å². The first-order valence-corrected chi connectivity index (χ1v) is 8.76. The number of esters is 1. The molecule has 122 valence electrons. The molecular formula is C16H16FNO3S2. The minimum atomic E-state index is -0.392. The zero-order chi connectivity index (χ0) is 16.8. The molecule has 1 aromatic carbocycles. The average Bonchev–Trinajstić information content (AvgIpc) is 2.87. The Kier molecular flexibility index (Phi) is 6.18. The number of amides is 1. The summed E-state index contributed by atoms with van der Waals surface area (Å²) in [4.78, 5) is 24.6. The first kappa shape index (κ1) is 17.5. The molecule has 1 aromatic heterocycles. The van der Waals surface area contributed by atoms with E-state index in [1.54, 1.807) is 38.1 Å². The Morgan fingerprint density at radius 2 is 2.09 bits per heavy atom. The Morgan fingerprint density at radius 1 is 1.35 bits per heavy atom. The number of rotatable bonds is 6. The molecule has 4 nitrogen and oxygen atoms in total. The van der Waals surface area contributed by atoms with E-state index >= 15 is 0 Å². The summed E-state index contributed by atoms with van der Waals surface area (Å²) < 4.78 is 18.4. The summed E-state index contributed by atoms with van der Waals surface area (Å²) in [6.07, 6.45) is 0. The lowest BCUT2D eigenvalue weighted by Gasteiger charge is -2.03. The van der Waals surface area contributed by atoms with Crippen LogP contribution in [0.1, 0.15) is 22.2 Å². The van der Waals surface area contributed by atoms with Crippen LogP contribution in [0.3, 0.4) is 0 Å². The predicted molar refractivity (Wildman–Crippen MR) is 90.8 cm³/mol. The summed E-state index contributed by atoms with van der Waals surface area (Å²) in [5, 5.41) is 3.29. The Balaban J connectivity index is 1.94. The van der Waals surface area contributed by atoms with Crippen molar-refractivity contribution in [3.63, 3.8) is 0 Å². The van der Waals surface area contributed by atoms with Gasteiger partial charge < -0.3 is 10.1 Å². The van der Waals surface area contributed by atoms with E-state index in [2.05, 4.69) is 5.32 Å². The van der Waals surface area contributed by atoms with Crippen LogP contribution in [0.15, 0.2) is 35.2 Å². The molecule has 0 aliphatic heterocycles. The predicted octanol–water partition coefficient (Wildman–Crippen LogP) is 4.10. The molecule has 23 heavy (non-hydrogen) atoms. The molecule has 0 saturated carbocycles. The van der Waals surface area contributed by atoms with Crippen molar-refractivity contribution in [3.8, 4) is 0 Å². The van der Waals surface area contributed by atoms with Crippen LogP contribution in [0.5, 0.6) is 0 Å². The van der Waals surface area contributed by atoms with Gasteiger partial charge in [0.25, 0.3) is 0 Å². The Bertz CT molecular complexity index is 715. The van der Waals surface area contributed by atoms with Gasteiger partial charge in [-0.2, -0.15) is 0 Å². The van der Waals surface area contributed by atoms with Gasteiger partial charge in [0, 0.05) is 4.90 Å². The van der Waals surface area contributed by atoms with Crippen LogP contribution >= 0.6 is 23.1 Å². The van der Waals surface area contributed by atoms with Crippen molar-refractivity contribution in [3.05, 3.63) is 46.6 Å². The van der Waals surface area contributed by atoms with E-state index in [0.29, 0.717) is 21.4 Å². The molecule has 0 spiro atoms. The minimum absolute atomic E-state index is 0.0899. The summed E-state index contributed by atoms with van der Waals surface area (Å²) in [7, 11) is 0. The van der Waals surface area contributed by atoms with Crippen LogP contribution in [-0.4, -0.2) is 24.2 Å². The second-order valence-corrected chi connectivity index (χ2v) is 6.68. The molecule has 0 bridgehead atoms. The van der Waals surface area contributed by atoms with E-state index in [1.807, 2.05) is 0 Å². The molecule has 0 fully saturated rings. The van der Waals surface area contributed by atoms with Gasteiger partial charge in [-0.05, 0) is 37.6 Å². The SMILES string of the molecule is CCOC(=O)c1sc(NC(=O)CSc2ccccc2F)cc1C. The maximum Gasteiger partial charge on any atom is 0.348 e. The summed E-state index contributed by atoms with van der Waals surface area (Å²) in [5.74, 6) is -0.903. The fraction of sp³-hybridized carbons (Fsp3) is 0.250. The molecule has 7 heteroatoms. The normalized spacial score (nSPS) is 10.4. The number of thiophene rings is 1. The molecule has 1 N–H and O–H groups in total. The quantitative estimate of drug-likeness (QED) is 0.627. The fourth-order valence-electron chi connectivity index (χ4n) is 1.82. The van der Waals surface area contributed by atoms with Crippen molar-refractivity contribution >= 4 is 40.0 Å². The molecular weight excluding hydrogens is 337 g/mol. The molecule has 0 aliphatic carbocycles. The Hall–Kier alpha value is -1.86. The highest BCUT2D eigenvalue weighted by Gasteiger charge is 2.16. The Labute approximate surface area is 142 Å². The van der Waals surface area contributed by atoms with Crippen molar-refractivity contribution in [1.29, 1.82) is 0 Å². The Morgan fingerprint density at radius 3 is 2.78 bits per heavy atom. The zero-order valence-electron chi connectivity index (χ0n) is 12.7. The van der Waals surface area contributed by atoms with E-state index in [0.717, 1.165) is 17.3 Å². The van der Waals surface area contributed by atoms with E-state index in [-0.39, 0.29) is 17.5 Å². The van der Waals surface area contributed by atoms with Crippen LogP contribution < -0.4 is 5.32 Å². The number of ether oxygens (including phenoxy) is 1. The van der Waals surface area contributed by atoms with Crippen LogP contribution in [0.2, 0.25) is 0 Å². The zero-order valence-corrected chi connectivity index (χ0v) is 14.4. The number of thioether (sulfide) groups is 1. The van der Waals surface area contributed by atoms with Gasteiger partial charge in [0.2, 0.25) is 5.91 Å². The molecule has 2 rings (SSSR count). The largest absolute Gasteiger partial charge is 0.462 e. The topological polar surface area (TPSA) is 55.4 Å². The van der Waals surface area contributed by atoms with Gasteiger partial charge in [0.05, 0.1) is 17.4 Å². The molecule has 1 amide bonds. The number of carbonyl (C=O) groups is 2. The lowest BCUT2D eigenvalue weighted by atomic mass is 10.3. The van der Waals surface area contributed by atoms with Gasteiger partial charge in [-0.1, -0.05) is 12.1 Å². The number of aryl methyl sites for hydroxylation is 1. The average molecular weight is 353 g/mol. The lowest BCUT2D eigenvalue weighted by Crippen LogP contribution is -2.13. The van der Waals surface area contributed by atoms with Crippen molar-refractivity contribution in [2.45, 2.75) is 18.7 Å². The molecule has 0 unspecified atom stereocenters. The highest BCUT2D eigenvalue weighted by atomic mass is 32.2. The summed E-state index contributed by atoms with van der Waals surface area (Å²) in [6.45, 7) is 3.83. The fourth-order valence-corrected chi connectivity index (χ4v) is 3.54. The third kappa shape index (κ3) is 4.80. The van der Waals surface area contributed by atoms with Gasteiger partial charge >= 0.3 is 5.97 Å². The molecule has 0 atom stereocenters. The summed E-state index contributed by atoms with van der Waals surface area (Å²) >= 11 is 2.30. The van der Waals surface area contributed by atoms with Crippen molar-refractivity contribution < 1.29 is 18.7 Å². The van der Waals surface area contributed by atoms with Gasteiger partial charge in [0.15, 0.2) is 0 Å². The maximum atomic E-state index is 13.5. The van der Waals surface area contributed by atoms with Gasteiger partial charge in [-0.3, -0.25) is 4.79 Å². The number of halogens is 1. The third-order valence-corrected chi connectivity index (χ3v) is 5.02. The minimum Gasteiger partial charge on any atom is -0.462 e. The third-order valence-electron chi connectivity index (χ3n) is 2.84. The van der Waals surface area contributed by atoms with Gasteiger partial charge in [0.1, 0.15) is 10.7 Å². The maximum absolute atomic E-state index is 13.5. The van der Waals surface area contributed by atoms with Crippen LogP contribution in [0.4, 0.5) is 9.39 Å². The second kappa shape index (κ2) is 8.12. The molecule has 1 heterocycles. The molecule has 0 saturated heterocycles. The number of benzene rings is 1. The first-order valence-electron chi connectivity index (χ1n) is 6.96. The van der Waals surface area contributed by atoms with Crippen LogP contribution in [0, 0.1) is 12.7 Å². The lowest BCUT2D eigenvalue weighted by molar-refractivity contribution is -0.113.